The van der Waals surface area contributed by atoms with E-state index in [1.54, 1.807) is 24.0 Å². The molecule has 0 unspecified atom stereocenters. The molecule has 78 valence electrons. The van der Waals surface area contributed by atoms with E-state index in [4.69, 9.17) is 0 Å². The molecule has 2 aromatic rings. The van der Waals surface area contributed by atoms with Gasteiger partial charge in [0.2, 0.25) is 0 Å². The molecule has 2 heterocycles. The number of nitrogens with one attached hydrogen (secondary N) is 2. The number of rotatable bonds is 3. The maximum Gasteiger partial charge on any atom is 0.269 e. The van der Waals surface area contributed by atoms with E-state index in [0.29, 0.717) is 12.2 Å². The predicted octanol–water partition coefficient (Wildman–Crippen LogP) is 0.678. The van der Waals surface area contributed by atoms with E-state index in [1.165, 1.54) is 0 Å². The third kappa shape index (κ3) is 2.07. The quantitative estimate of drug-likeness (QED) is 0.772. The van der Waals surface area contributed by atoms with Crippen LogP contribution in [0.5, 0.6) is 0 Å². The molecular formula is C10H12N4O. The first-order valence-corrected chi connectivity index (χ1v) is 4.65. The fourth-order valence-corrected chi connectivity index (χ4v) is 1.34. The molecule has 15 heavy (non-hydrogen) atoms. The molecule has 0 bridgehead atoms. The van der Waals surface area contributed by atoms with Gasteiger partial charge < -0.3 is 10.3 Å². The Kier molecular flexibility index (Phi) is 2.53. The van der Waals surface area contributed by atoms with E-state index in [0.717, 1.165) is 5.56 Å². The third-order valence-electron chi connectivity index (χ3n) is 2.17. The molecule has 0 saturated carbocycles. The summed E-state index contributed by atoms with van der Waals surface area (Å²) in [4.78, 5) is 14.6. The van der Waals surface area contributed by atoms with Crippen molar-refractivity contribution in [1.82, 2.24) is 20.1 Å². The van der Waals surface area contributed by atoms with E-state index in [-0.39, 0.29) is 5.91 Å². The highest BCUT2D eigenvalue weighted by Crippen LogP contribution is 1.99. The van der Waals surface area contributed by atoms with Gasteiger partial charge in [-0.25, -0.2) is 0 Å². The van der Waals surface area contributed by atoms with Gasteiger partial charge in [-0.2, -0.15) is 5.10 Å². The maximum absolute atomic E-state index is 11.6. The second kappa shape index (κ2) is 4.00. The molecule has 0 aromatic carbocycles. The van der Waals surface area contributed by atoms with Crippen LogP contribution in [-0.4, -0.2) is 20.7 Å². The standard InChI is InChI=1S/C10H12N4O/c1-14-9(3-5-13-14)10(15)12-7-8-2-4-11-6-8/h2-6,11H,7H2,1H3,(H,12,15). The van der Waals surface area contributed by atoms with Crippen molar-refractivity contribution in [3.63, 3.8) is 0 Å². The molecule has 5 nitrogen and oxygen atoms in total. The molecule has 5 heteroatoms. The van der Waals surface area contributed by atoms with Crippen LogP contribution in [0.2, 0.25) is 0 Å². The summed E-state index contributed by atoms with van der Waals surface area (Å²) in [6.45, 7) is 0.521. The molecule has 0 aliphatic heterocycles. The summed E-state index contributed by atoms with van der Waals surface area (Å²) < 4.78 is 1.55. The Morgan fingerprint density at radius 3 is 3.07 bits per heavy atom. The minimum absolute atomic E-state index is 0.115. The van der Waals surface area contributed by atoms with Crippen molar-refractivity contribution in [3.8, 4) is 0 Å². The Labute approximate surface area is 87.1 Å². The Hall–Kier alpha value is -2.04. The molecule has 0 radical (unpaired) electrons. The first-order valence-electron chi connectivity index (χ1n) is 4.65. The maximum atomic E-state index is 11.6. The van der Waals surface area contributed by atoms with Gasteiger partial charge >= 0.3 is 0 Å². The van der Waals surface area contributed by atoms with Gasteiger partial charge in [-0.3, -0.25) is 9.48 Å². The fourth-order valence-electron chi connectivity index (χ4n) is 1.34. The summed E-state index contributed by atoms with van der Waals surface area (Å²) in [7, 11) is 1.74. The van der Waals surface area contributed by atoms with Crippen molar-refractivity contribution in [2.45, 2.75) is 6.54 Å². The van der Waals surface area contributed by atoms with Crippen LogP contribution in [0.1, 0.15) is 16.1 Å². The minimum atomic E-state index is -0.115. The Balaban J connectivity index is 1.96. The predicted molar refractivity (Wildman–Crippen MR) is 55.2 cm³/mol. The van der Waals surface area contributed by atoms with Gasteiger partial charge in [0.1, 0.15) is 5.69 Å². The van der Waals surface area contributed by atoms with E-state index >= 15 is 0 Å². The van der Waals surface area contributed by atoms with Gasteiger partial charge in [0.25, 0.3) is 5.91 Å². The Bertz CT molecular complexity index is 444. The molecule has 0 atom stereocenters. The highest BCUT2D eigenvalue weighted by molar-refractivity contribution is 5.92. The molecule has 0 spiro atoms. The van der Waals surface area contributed by atoms with Crippen molar-refractivity contribution in [3.05, 3.63) is 42.0 Å². The van der Waals surface area contributed by atoms with Crippen LogP contribution in [0.15, 0.2) is 30.7 Å². The fraction of sp³-hybridized carbons (Fsp3) is 0.200. The van der Waals surface area contributed by atoms with Crippen molar-refractivity contribution < 1.29 is 4.79 Å². The number of amides is 1. The smallest absolute Gasteiger partial charge is 0.269 e. The highest BCUT2D eigenvalue weighted by atomic mass is 16.2. The average Bonchev–Trinajstić information content (AvgIpc) is 2.84. The van der Waals surface area contributed by atoms with Crippen molar-refractivity contribution >= 4 is 5.91 Å². The number of hydrogen-bond donors (Lipinski definition) is 2. The van der Waals surface area contributed by atoms with Crippen LogP contribution in [0, 0.1) is 0 Å². The van der Waals surface area contributed by atoms with Gasteiger partial charge in [0, 0.05) is 32.2 Å². The first kappa shape index (κ1) is 9.51. The van der Waals surface area contributed by atoms with Crippen molar-refractivity contribution in [1.29, 1.82) is 0 Å². The van der Waals surface area contributed by atoms with Gasteiger partial charge in [0.05, 0.1) is 0 Å². The lowest BCUT2D eigenvalue weighted by Crippen LogP contribution is -2.24. The zero-order chi connectivity index (χ0) is 10.7. The van der Waals surface area contributed by atoms with E-state index in [2.05, 4.69) is 15.4 Å². The largest absolute Gasteiger partial charge is 0.367 e. The molecule has 0 aliphatic carbocycles. The summed E-state index contributed by atoms with van der Waals surface area (Å²) in [5, 5.41) is 6.74. The van der Waals surface area contributed by atoms with Crippen molar-refractivity contribution in [2.24, 2.45) is 7.05 Å². The van der Waals surface area contributed by atoms with E-state index in [9.17, 15) is 4.79 Å². The van der Waals surface area contributed by atoms with Crippen molar-refractivity contribution in [2.75, 3.05) is 0 Å². The molecule has 2 N–H and O–H groups in total. The first-order chi connectivity index (χ1) is 7.27. The lowest BCUT2D eigenvalue weighted by atomic mass is 10.3. The summed E-state index contributed by atoms with van der Waals surface area (Å²) in [5.41, 5.74) is 1.61. The number of hydrogen-bond acceptors (Lipinski definition) is 2. The number of carbonyl (C=O) groups excluding carboxylic acids is 1. The molecule has 2 rings (SSSR count). The summed E-state index contributed by atoms with van der Waals surface area (Å²) >= 11 is 0. The summed E-state index contributed by atoms with van der Waals surface area (Å²) in [6, 6.07) is 3.61. The number of aromatic amines is 1. The Morgan fingerprint density at radius 2 is 2.47 bits per heavy atom. The number of H-pyrrole nitrogens is 1. The van der Waals surface area contributed by atoms with Crippen LogP contribution >= 0.6 is 0 Å². The Morgan fingerprint density at radius 1 is 1.60 bits per heavy atom. The van der Waals surface area contributed by atoms with Crippen LogP contribution in [0.4, 0.5) is 0 Å². The number of carbonyl (C=O) groups is 1. The topological polar surface area (TPSA) is 62.7 Å². The second-order valence-electron chi connectivity index (χ2n) is 3.24. The van der Waals surface area contributed by atoms with Gasteiger partial charge in [0.15, 0.2) is 0 Å². The lowest BCUT2D eigenvalue weighted by Gasteiger charge is -2.03. The highest BCUT2D eigenvalue weighted by Gasteiger charge is 2.08. The van der Waals surface area contributed by atoms with E-state index in [1.807, 2.05) is 18.5 Å². The third-order valence-corrected chi connectivity index (χ3v) is 2.17. The van der Waals surface area contributed by atoms with Crippen LogP contribution in [0.25, 0.3) is 0 Å². The van der Waals surface area contributed by atoms with Crippen LogP contribution in [0.3, 0.4) is 0 Å². The molecule has 0 fully saturated rings. The van der Waals surface area contributed by atoms with Gasteiger partial charge in [-0.1, -0.05) is 0 Å². The normalized spacial score (nSPS) is 10.2. The van der Waals surface area contributed by atoms with Crippen LogP contribution in [-0.2, 0) is 13.6 Å². The van der Waals surface area contributed by atoms with Gasteiger partial charge in [-0.15, -0.1) is 0 Å². The van der Waals surface area contributed by atoms with E-state index < -0.39 is 0 Å². The zero-order valence-corrected chi connectivity index (χ0v) is 8.40. The second-order valence-corrected chi connectivity index (χ2v) is 3.24. The minimum Gasteiger partial charge on any atom is -0.367 e. The zero-order valence-electron chi connectivity index (χ0n) is 8.40. The molecule has 2 aromatic heterocycles. The number of aromatic nitrogens is 3. The monoisotopic (exact) mass is 204 g/mol. The lowest BCUT2D eigenvalue weighted by molar-refractivity contribution is 0.0941. The number of aryl methyl sites for hydroxylation is 1. The molecular weight excluding hydrogens is 192 g/mol. The van der Waals surface area contributed by atoms with Gasteiger partial charge in [-0.05, 0) is 17.7 Å². The molecule has 0 saturated heterocycles. The summed E-state index contributed by atoms with van der Waals surface area (Å²) in [5.74, 6) is -0.115. The SMILES string of the molecule is Cn1nccc1C(=O)NCc1cc[nH]c1. The number of nitrogens with zero attached hydrogens (tertiary/aromatic N) is 2. The summed E-state index contributed by atoms with van der Waals surface area (Å²) in [6.07, 6.45) is 5.28. The molecule has 0 aliphatic rings. The van der Waals surface area contributed by atoms with Crippen LogP contribution < -0.4 is 5.32 Å². The molecule has 1 amide bonds. The average molecular weight is 204 g/mol.